The first kappa shape index (κ1) is 14.4. The topological polar surface area (TPSA) is 33.1 Å². The number of hydrogen-bond acceptors (Lipinski definition) is 2. The third kappa shape index (κ3) is 2.93. The summed E-state index contributed by atoms with van der Waals surface area (Å²) in [6.07, 6.45) is 3.17. The summed E-state index contributed by atoms with van der Waals surface area (Å²) < 4.78 is 0. The third-order valence-electron chi connectivity index (χ3n) is 2.65. The quantitative estimate of drug-likeness (QED) is 0.825. The average molecular weight is 357 g/mol. The molecule has 0 aliphatic heterocycles. The van der Waals surface area contributed by atoms with Gasteiger partial charge >= 0.3 is 0 Å². The van der Waals surface area contributed by atoms with E-state index in [0.29, 0.717) is 21.2 Å². The Balaban J connectivity index is 2.65. The summed E-state index contributed by atoms with van der Waals surface area (Å²) in [6.45, 7) is 0. The second kappa shape index (κ2) is 5.94. The molecule has 0 saturated heterocycles. The Morgan fingerprint density at radius 2 is 1.84 bits per heavy atom. The zero-order valence-electron chi connectivity index (χ0n) is 9.57. The van der Waals surface area contributed by atoms with E-state index in [2.05, 4.69) is 31.7 Å². The molecule has 0 aliphatic carbocycles. The number of rotatable bonds is 2. The van der Waals surface area contributed by atoms with Crippen LogP contribution in [0.3, 0.4) is 0 Å². The van der Waals surface area contributed by atoms with Crippen LogP contribution in [0.5, 0.6) is 0 Å². The Bertz CT molecular complexity index is 651. The highest BCUT2D eigenvalue weighted by atomic mass is 79.9. The molecule has 2 nitrogen and oxygen atoms in total. The number of aromatic nitrogens is 1. The fourth-order valence-electron chi connectivity index (χ4n) is 1.74. The molecule has 1 unspecified atom stereocenters. The molecule has 0 radical (unpaired) electrons. The summed E-state index contributed by atoms with van der Waals surface area (Å²) in [5, 5.41) is 11.7. The molecule has 0 spiro atoms. The molecular weight excluding hydrogens is 349 g/mol. The molecule has 1 N–H and O–H groups in total. The molecule has 0 fully saturated rings. The van der Waals surface area contributed by atoms with Crippen LogP contribution in [0.4, 0.5) is 0 Å². The summed E-state index contributed by atoms with van der Waals surface area (Å²) in [6, 6.07) is 8.25. The molecule has 2 rings (SSSR count). The number of hydrogen-bond donors (Lipinski definition) is 1. The van der Waals surface area contributed by atoms with E-state index in [1.54, 1.807) is 42.7 Å². The van der Waals surface area contributed by atoms with Gasteiger partial charge in [-0.3, -0.25) is 4.98 Å². The van der Waals surface area contributed by atoms with Gasteiger partial charge in [0.15, 0.2) is 5.60 Å². The Morgan fingerprint density at radius 1 is 1.16 bits per heavy atom. The molecule has 5 heteroatoms. The second-order valence-corrected chi connectivity index (χ2v) is 5.03. The minimum absolute atomic E-state index is 0.349. The van der Waals surface area contributed by atoms with Crippen LogP contribution in [0.1, 0.15) is 11.1 Å². The van der Waals surface area contributed by atoms with Crippen LogP contribution in [0.15, 0.2) is 42.7 Å². The number of aliphatic hydroxyl groups is 1. The van der Waals surface area contributed by atoms with Gasteiger partial charge in [-0.15, -0.1) is 0 Å². The summed E-state index contributed by atoms with van der Waals surface area (Å²) in [5.74, 6) is 2.72. The minimum Gasteiger partial charge on any atom is -0.369 e. The summed E-state index contributed by atoms with van der Waals surface area (Å²) in [5.41, 5.74) is -0.468. The van der Waals surface area contributed by atoms with Gasteiger partial charge in [0.2, 0.25) is 0 Å². The van der Waals surface area contributed by atoms with Crippen LogP contribution in [0, 0.1) is 10.8 Å². The minimum atomic E-state index is -1.52. The maximum atomic E-state index is 10.9. The summed E-state index contributed by atoms with van der Waals surface area (Å²) >= 11 is 15.0. The highest BCUT2D eigenvalue weighted by Gasteiger charge is 2.31. The van der Waals surface area contributed by atoms with Crippen LogP contribution < -0.4 is 0 Å². The summed E-state index contributed by atoms with van der Waals surface area (Å²) in [7, 11) is 0. The van der Waals surface area contributed by atoms with E-state index >= 15 is 0 Å². The van der Waals surface area contributed by atoms with Crippen molar-refractivity contribution in [1.29, 1.82) is 0 Å². The van der Waals surface area contributed by atoms with Crippen molar-refractivity contribution >= 4 is 39.1 Å². The van der Waals surface area contributed by atoms with Crippen LogP contribution in [-0.4, -0.2) is 10.1 Å². The van der Waals surface area contributed by atoms with Gasteiger partial charge in [0.1, 0.15) is 0 Å². The zero-order valence-corrected chi connectivity index (χ0v) is 12.7. The van der Waals surface area contributed by atoms with Gasteiger partial charge in [-0.25, -0.2) is 0 Å². The van der Waals surface area contributed by atoms with Crippen molar-refractivity contribution in [3.63, 3.8) is 0 Å². The fraction of sp³-hybridized carbons (Fsp3) is 0.0714. The molecule has 0 aliphatic rings. The van der Waals surface area contributed by atoms with Crippen molar-refractivity contribution in [2.75, 3.05) is 0 Å². The van der Waals surface area contributed by atoms with E-state index in [-0.39, 0.29) is 0 Å². The van der Waals surface area contributed by atoms with Crippen molar-refractivity contribution in [2.24, 2.45) is 0 Å². The number of benzene rings is 1. The van der Waals surface area contributed by atoms with E-state index < -0.39 is 5.60 Å². The van der Waals surface area contributed by atoms with Crippen LogP contribution in [0.2, 0.25) is 10.0 Å². The lowest BCUT2D eigenvalue weighted by Crippen LogP contribution is -2.25. The number of pyridine rings is 1. The molecule has 1 heterocycles. The number of halogens is 3. The van der Waals surface area contributed by atoms with Crippen molar-refractivity contribution in [2.45, 2.75) is 5.60 Å². The van der Waals surface area contributed by atoms with Gasteiger partial charge in [-0.05, 0) is 35.0 Å². The van der Waals surface area contributed by atoms with E-state index in [9.17, 15) is 5.11 Å². The molecule has 96 valence electrons. The zero-order chi connectivity index (χ0) is 13.9. The van der Waals surface area contributed by atoms with Gasteiger partial charge in [-0.1, -0.05) is 29.3 Å². The van der Waals surface area contributed by atoms with Crippen molar-refractivity contribution in [3.05, 3.63) is 63.9 Å². The lowest BCUT2D eigenvalue weighted by molar-refractivity contribution is 0.145. The van der Waals surface area contributed by atoms with Gasteiger partial charge in [0, 0.05) is 49.5 Å². The lowest BCUT2D eigenvalue weighted by atomic mass is 9.88. The lowest BCUT2D eigenvalue weighted by Gasteiger charge is -2.24. The van der Waals surface area contributed by atoms with Gasteiger partial charge in [0.25, 0.3) is 0 Å². The first-order valence-corrected chi connectivity index (χ1v) is 6.84. The number of nitrogens with zero attached hydrogens (tertiary/aromatic N) is 1. The second-order valence-electron chi connectivity index (χ2n) is 3.79. The van der Waals surface area contributed by atoms with E-state index in [4.69, 9.17) is 23.2 Å². The Labute approximate surface area is 129 Å². The Kier molecular flexibility index (Phi) is 4.49. The van der Waals surface area contributed by atoms with Gasteiger partial charge in [-0.2, -0.15) is 0 Å². The first-order valence-electron chi connectivity index (χ1n) is 5.29. The SMILES string of the molecule is OC(C#CBr)(c1ccncc1)c1ccc(Cl)cc1Cl. The standard InChI is InChI=1S/C14H8BrCl2NO/c15-6-5-14(19,10-3-7-18-8-4-10)12-2-1-11(16)9-13(12)17/h1-4,7-9,19H. The van der Waals surface area contributed by atoms with Crippen molar-refractivity contribution in [1.82, 2.24) is 4.98 Å². The van der Waals surface area contributed by atoms with Crippen LogP contribution in [0.25, 0.3) is 0 Å². The van der Waals surface area contributed by atoms with Gasteiger partial charge in [0.05, 0.1) is 0 Å². The Morgan fingerprint density at radius 3 is 2.42 bits per heavy atom. The molecule has 1 atom stereocenters. The highest BCUT2D eigenvalue weighted by molar-refractivity contribution is 9.12. The van der Waals surface area contributed by atoms with Crippen LogP contribution >= 0.6 is 39.1 Å². The van der Waals surface area contributed by atoms with Crippen molar-refractivity contribution < 1.29 is 5.11 Å². The fourth-order valence-corrected chi connectivity index (χ4v) is 2.57. The molecule has 0 saturated carbocycles. The van der Waals surface area contributed by atoms with E-state index in [0.717, 1.165) is 0 Å². The maximum Gasteiger partial charge on any atom is 0.179 e. The molecule has 19 heavy (non-hydrogen) atoms. The monoisotopic (exact) mass is 355 g/mol. The summed E-state index contributed by atoms with van der Waals surface area (Å²) in [4.78, 5) is 6.47. The average Bonchev–Trinajstić information content (AvgIpc) is 2.39. The third-order valence-corrected chi connectivity index (χ3v) is 3.39. The van der Waals surface area contributed by atoms with Crippen molar-refractivity contribution in [3.8, 4) is 10.8 Å². The molecule has 1 aromatic heterocycles. The van der Waals surface area contributed by atoms with E-state index in [1.807, 2.05) is 0 Å². The van der Waals surface area contributed by atoms with E-state index in [1.165, 1.54) is 0 Å². The van der Waals surface area contributed by atoms with Gasteiger partial charge < -0.3 is 5.11 Å². The predicted molar refractivity (Wildman–Crippen MR) is 80.4 cm³/mol. The normalized spacial score (nSPS) is 13.3. The smallest absolute Gasteiger partial charge is 0.179 e. The molecule has 1 aromatic carbocycles. The highest BCUT2D eigenvalue weighted by Crippen LogP contribution is 2.35. The Hall–Kier alpha value is -1.05. The van der Waals surface area contributed by atoms with Crippen LogP contribution in [-0.2, 0) is 5.60 Å². The first-order chi connectivity index (χ1) is 9.08. The molecule has 0 amide bonds. The predicted octanol–water partition coefficient (Wildman–Crippen LogP) is 3.98. The largest absolute Gasteiger partial charge is 0.369 e. The molecular formula is C14H8BrCl2NO. The maximum absolute atomic E-state index is 10.9. The molecule has 0 bridgehead atoms. The molecule has 2 aromatic rings.